The van der Waals surface area contributed by atoms with E-state index in [2.05, 4.69) is 12.2 Å². The van der Waals surface area contributed by atoms with Crippen molar-refractivity contribution >= 4 is 22.6 Å². The predicted molar refractivity (Wildman–Crippen MR) is 79.8 cm³/mol. The number of ether oxygens (including phenoxy) is 1. The number of nitrogens with zero attached hydrogens (tertiary/aromatic N) is 1. The zero-order chi connectivity index (χ0) is 12.8. The number of hydrogen-bond acceptors (Lipinski definition) is 4. The molecule has 1 aliphatic rings. The topological polar surface area (TPSA) is 33.6 Å². The highest BCUT2D eigenvalue weighted by Crippen LogP contribution is 2.23. The van der Waals surface area contributed by atoms with Crippen LogP contribution in [0.2, 0.25) is 0 Å². The Labute approximate surface area is 113 Å². The van der Waals surface area contributed by atoms with Crippen molar-refractivity contribution in [3.63, 3.8) is 0 Å². The Morgan fingerprint density at radius 1 is 1.44 bits per heavy atom. The highest BCUT2D eigenvalue weighted by atomic mass is 32.2. The average Bonchev–Trinajstić information content (AvgIpc) is 2.40. The van der Waals surface area contributed by atoms with Crippen molar-refractivity contribution in [1.82, 2.24) is 0 Å². The van der Waals surface area contributed by atoms with Gasteiger partial charge in [-0.25, -0.2) is 0 Å². The normalized spacial score (nSPS) is 19.2. The van der Waals surface area contributed by atoms with Crippen LogP contribution < -0.4 is 10.1 Å². The summed E-state index contributed by atoms with van der Waals surface area (Å²) < 4.78 is 5.49. The molecule has 0 saturated carbocycles. The molecular weight excluding hydrogens is 244 g/mol. The largest absolute Gasteiger partial charge is 0.494 e. The van der Waals surface area contributed by atoms with Gasteiger partial charge in [0.15, 0.2) is 5.17 Å². The van der Waals surface area contributed by atoms with Crippen LogP contribution in [0.15, 0.2) is 29.3 Å². The second-order valence-corrected chi connectivity index (χ2v) is 5.30. The third-order valence-electron chi connectivity index (χ3n) is 2.86. The standard InChI is InChI=1S/C14H20N2OS/c1-3-11-8-9-18-14(15-11)16-12-6-5-7-13(10-12)17-4-2/h5-7,10-11H,3-4,8-9H2,1-2H3,(H,15,16). The number of nitrogens with one attached hydrogen (secondary N) is 1. The Morgan fingerprint density at radius 2 is 2.33 bits per heavy atom. The second-order valence-electron chi connectivity index (χ2n) is 4.22. The molecule has 0 bridgehead atoms. The molecule has 1 aromatic rings. The number of rotatable bonds is 4. The van der Waals surface area contributed by atoms with E-state index in [4.69, 9.17) is 9.73 Å². The van der Waals surface area contributed by atoms with E-state index >= 15 is 0 Å². The Bertz CT molecular complexity index is 420. The Kier molecular flexibility index (Phi) is 4.93. The van der Waals surface area contributed by atoms with Gasteiger partial charge in [-0.2, -0.15) is 0 Å². The van der Waals surface area contributed by atoms with E-state index in [9.17, 15) is 0 Å². The molecule has 4 heteroatoms. The van der Waals surface area contributed by atoms with E-state index < -0.39 is 0 Å². The summed E-state index contributed by atoms with van der Waals surface area (Å²) in [6, 6.07) is 8.50. The van der Waals surface area contributed by atoms with Gasteiger partial charge in [0, 0.05) is 17.5 Å². The highest BCUT2D eigenvalue weighted by molar-refractivity contribution is 8.14. The van der Waals surface area contributed by atoms with Crippen LogP contribution in [0.4, 0.5) is 5.69 Å². The van der Waals surface area contributed by atoms with E-state index in [0.717, 1.165) is 28.8 Å². The van der Waals surface area contributed by atoms with Crippen molar-refractivity contribution in [3.8, 4) is 5.75 Å². The molecule has 0 amide bonds. The number of anilines is 1. The summed E-state index contributed by atoms with van der Waals surface area (Å²) in [6.07, 6.45) is 2.30. The number of amidine groups is 1. The molecule has 3 nitrogen and oxygen atoms in total. The molecule has 0 saturated heterocycles. The molecule has 1 aromatic carbocycles. The van der Waals surface area contributed by atoms with Gasteiger partial charge in [0.1, 0.15) is 5.75 Å². The number of hydrogen-bond donors (Lipinski definition) is 1. The SMILES string of the molecule is CCOc1cccc(NC2=NC(CC)CCS2)c1. The molecule has 98 valence electrons. The molecule has 1 N–H and O–H groups in total. The van der Waals surface area contributed by atoms with Crippen LogP contribution in [-0.4, -0.2) is 23.6 Å². The minimum Gasteiger partial charge on any atom is -0.494 e. The third-order valence-corrected chi connectivity index (χ3v) is 3.78. The first-order valence-corrected chi connectivity index (χ1v) is 7.51. The summed E-state index contributed by atoms with van der Waals surface area (Å²) in [5.41, 5.74) is 1.05. The van der Waals surface area contributed by atoms with Crippen molar-refractivity contribution in [3.05, 3.63) is 24.3 Å². The van der Waals surface area contributed by atoms with E-state index in [0.29, 0.717) is 12.6 Å². The van der Waals surface area contributed by atoms with Crippen LogP contribution in [0.25, 0.3) is 0 Å². The number of benzene rings is 1. The van der Waals surface area contributed by atoms with Gasteiger partial charge in [0.2, 0.25) is 0 Å². The highest BCUT2D eigenvalue weighted by Gasteiger charge is 2.14. The van der Waals surface area contributed by atoms with Gasteiger partial charge in [-0.3, -0.25) is 4.99 Å². The molecule has 1 atom stereocenters. The first kappa shape index (κ1) is 13.3. The maximum atomic E-state index is 5.49. The molecule has 0 aromatic heterocycles. The van der Waals surface area contributed by atoms with Crippen molar-refractivity contribution in [2.45, 2.75) is 32.7 Å². The molecule has 1 unspecified atom stereocenters. The van der Waals surface area contributed by atoms with Gasteiger partial charge in [0.25, 0.3) is 0 Å². The van der Waals surface area contributed by atoms with Gasteiger partial charge in [-0.15, -0.1) is 0 Å². The second kappa shape index (κ2) is 6.69. The Hall–Kier alpha value is -1.16. The molecule has 2 rings (SSSR count). The summed E-state index contributed by atoms with van der Waals surface area (Å²) in [7, 11) is 0. The maximum Gasteiger partial charge on any atom is 0.161 e. The van der Waals surface area contributed by atoms with Crippen LogP contribution in [0.5, 0.6) is 5.75 Å². The van der Waals surface area contributed by atoms with E-state index in [1.54, 1.807) is 11.8 Å². The summed E-state index contributed by atoms with van der Waals surface area (Å²) in [5.74, 6) is 2.05. The van der Waals surface area contributed by atoms with E-state index in [1.165, 1.54) is 6.42 Å². The fourth-order valence-corrected chi connectivity index (χ4v) is 2.87. The van der Waals surface area contributed by atoms with Crippen LogP contribution in [-0.2, 0) is 0 Å². The number of thioether (sulfide) groups is 1. The zero-order valence-electron chi connectivity index (χ0n) is 11.0. The molecule has 0 fully saturated rings. The minimum absolute atomic E-state index is 0.476. The van der Waals surface area contributed by atoms with Crippen LogP contribution >= 0.6 is 11.8 Å². The van der Waals surface area contributed by atoms with Gasteiger partial charge in [-0.05, 0) is 31.9 Å². The first-order chi connectivity index (χ1) is 8.81. The summed E-state index contributed by atoms with van der Waals surface area (Å²) in [6.45, 7) is 4.88. The van der Waals surface area contributed by atoms with E-state index in [-0.39, 0.29) is 0 Å². The number of aliphatic imine (C=N–C) groups is 1. The quantitative estimate of drug-likeness (QED) is 0.898. The minimum atomic E-state index is 0.476. The van der Waals surface area contributed by atoms with E-state index in [1.807, 2.05) is 31.2 Å². The Balaban J connectivity index is 2.04. The van der Waals surface area contributed by atoms with Crippen molar-refractivity contribution in [1.29, 1.82) is 0 Å². The lowest BCUT2D eigenvalue weighted by Crippen LogP contribution is -2.19. The predicted octanol–water partition coefficient (Wildman–Crippen LogP) is 3.77. The monoisotopic (exact) mass is 264 g/mol. The van der Waals surface area contributed by atoms with Crippen molar-refractivity contribution < 1.29 is 4.74 Å². The van der Waals surface area contributed by atoms with Crippen LogP contribution in [0.3, 0.4) is 0 Å². The Morgan fingerprint density at radius 3 is 3.11 bits per heavy atom. The summed E-state index contributed by atoms with van der Waals surface area (Å²) in [5, 5.41) is 4.41. The first-order valence-electron chi connectivity index (χ1n) is 6.52. The lowest BCUT2D eigenvalue weighted by atomic mass is 10.2. The fourth-order valence-electron chi connectivity index (χ4n) is 1.88. The maximum absolute atomic E-state index is 5.49. The zero-order valence-corrected chi connectivity index (χ0v) is 11.8. The summed E-state index contributed by atoms with van der Waals surface area (Å²) >= 11 is 1.79. The fraction of sp³-hybridized carbons (Fsp3) is 0.500. The average molecular weight is 264 g/mol. The lowest BCUT2D eigenvalue weighted by molar-refractivity contribution is 0.340. The summed E-state index contributed by atoms with van der Waals surface area (Å²) in [4.78, 5) is 4.70. The van der Waals surface area contributed by atoms with Gasteiger partial charge in [-0.1, -0.05) is 24.8 Å². The molecule has 18 heavy (non-hydrogen) atoms. The van der Waals surface area contributed by atoms with Gasteiger partial charge in [0.05, 0.1) is 12.6 Å². The van der Waals surface area contributed by atoms with Crippen molar-refractivity contribution in [2.75, 3.05) is 17.7 Å². The third kappa shape index (κ3) is 3.67. The lowest BCUT2D eigenvalue weighted by Gasteiger charge is -2.19. The molecule has 0 spiro atoms. The van der Waals surface area contributed by atoms with Crippen LogP contribution in [0.1, 0.15) is 26.7 Å². The molecule has 1 aliphatic heterocycles. The van der Waals surface area contributed by atoms with Gasteiger partial charge >= 0.3 is 0 Å². The molecule has 0 radical (unpaired) electrons. The van der Waals surface area contributed by atoms with Crippen molar-refractivity contribution in [2.24, 2.45) is 4.99 Å². The smallest absolute Gasteiger partial charge is 0.161 e. The molecule has 1 heterocycles. The van der Waals surface area contributed by atoms with Crippen LogP contribution in [0, 0.1) is 0 Å². The molecular formula is C14H20N2OS. The van der Waals surface area contributed by atoms with Gasteiger partial charge < -0.3 is 10.1 Å². The molecule has 0 aliphatic carbocycles.